The monoisotopic (exact) mass is 88.1 g/mol. The minimum atomic E-state index is -0.995. The maximum absolute atomic E-state index is 9.26. The lowest BCUT2D eigenvalue weighted by Crippen LogP contribution is -2.19. The summed E-state index contributed by atoms with van der Waals surface area (Å²) in [7, 11) is 0. The molecular formula is C4H8O2. The molecule has 0 heterocycles. The molecule has 0 N–H and O–H groups in total. The molecule has 0 aromatic heterocycles. The number of hydrogen-bond acceptors (Lipinski definition) is 2. The van der Waals surface area contributed by atoms with E-state index in [4.69, 9.17) is 0 Å². The van der Waals surface area contributed by atoms with Crippen LogP contribution >= 0.6 is 0 Å². The lowest BCUT2D eigenvalue weighted by Gasteiger charge is -1.87. The molecular weight excluding hydrogens is 80.0 g/mol. The second-order valence-corrected chi connectivity index (χ2v) is 0.726. The highest BCUT2D eigenvalue weighted by atomic mass is 16.4. The van der Waals surface area contributed by atoms with E-state index in [2.05, 4.69) is 0 Å². The molecule has 6 heavy (non-hydrogen) atoms. The van der Waals surface area contributed by atoms with Gasteiger partial charge in [0.15, 0.2) is 0 Å². The Bertz CT molecular complexity index is 40.8. The van der Waals surface area contributed by atoms with E-state index in [1.165, 1.54) is 6.92 Å². The lowest BCUT2D eigenvalue weighted by molar-refractivity contribution is -0.305. The van der Waals surface area contributed by atoms with Gasteiger partial charge in [0.2, 0.25) is 0 Å². The van der Waals surface area contributed by atoms with Crippen LogP contribution in [0.2, 0.25) is 0 Å². The van der Waals surface area contributed by atoms with Gasteiger partial charge in [-0.25, -0.2) is 0 Å². The van der Waals surface area contributed by atoms with Gasteiger partial charge in [-0.15, -0.1) is 0 Å². The van der Waals surface area contributed by atoms with E-state index >= 15 is 0 Å². The maximum atomic E-state index is 9.26. The van der Waals surface area contributed by atoms with Gasteiger partial charge in [0.05, 0.1) is 0 Å². The molecule has 0 aliphatic carbocycles. The van der Waals surface area contributed by atoms with Gasteiger partial charge in [0.1, 0.15) is 0 Å². The van der Waals surface area contributed by atoms with Gasteiger partial charge in [-0.1, -0.05) is 6.92 Å². The third kappa shape index (κ3) is 10.2. The summed E-state index contributed by atoms with van der Waals surface area (Å²) in [6, 6.07) is 0. The highest BCUT2D eigenvalue weighted by Crippen LogP contribution is 1.61. The predicted molar refractivity (Wildman–Crippen MR) is 21.7 cm³/mol. The first-order valence-corrected chi connectivity index (χ1v) is 1.47. The predicted octanol–water partition coefficient (Wildman–Crippen LogP) is -0.403. The Labute approximate surface area is 37.8 Å². The second-order valence-electron chi connectivity index (χ2n) is 0.726. The van der Waals surface area contributed by atoms with E-state index in [1.807, 2.05) is 0 Å². The van der Waals surface area contributed by atoms with Crippen molar-refractivity contribution < 1.29 is 9.90 Å². The summed E-state index contributed by atoms with van der Waals surface area (Å²) >= 11 is 0. The molecule has 0 atom stereocenters. The summed E-state index contributed by atoms with van der Waals surface area (Å²) in [6.07, 6.45) is 0.111. The van der Waals surface area contributed by atoms with Crippen LogP contribution in [0, 0.1) is 7.43 Å². The zero-order valence-corrected chi connectivity index (χ0v) is 4.02. The summed E-state index contributed by atoms with van der Waals surface area (Å²) in [5, 5.41) is 9.26. The van der Waals surface area contributed by atoms with E-state index < -0.39 is 5.97 Å². The fourth-order valence-electron chi connectivity index (χ4n) is 0. The van der Waals surface area contributed by atoms with Crippen molar-refractivity contribution in [3.05, 3.63) is 7.43 Å². The van der Waals surface area contributed by atoms with Crippen LogP contribution in [-0.2, 0) is 4.79 Å². The molecule has 36 valence electrons. The standard InChI is InChI=1S/C3H6O2.CH3/c1-2-3(4)5;/h2H2,1H3,(H,4,5);1H3/q;+1/p-1. The average Bonchev–Trinajstić information content (AvgIpc) is 1.38. The molecule has 0 spiro atoms. The topological polar surface area (TPSA) is 40.1 Å². The van der Waals surface area contributed by atoms with E-state index in [0.717, 1.165) is 0 Å². The molecule has 0 fully saturated rings. The number of aliphatic carboxylic acids is 1. The maximum Gasteiger partial charge on any atom is 0.0467 e. The van der Waals surface area contributed by atoms with Crippen LogP contribution in [0.1, 0.15) is 13.3 Å². The third-order valence-electron chi connectivity index (χ3n) is 0.289. The Morgan fingerprint density at radius 3 is 2.00 bits per heavy atom. The molecule has 0 radical (unpaired) electrons. The van der Waals surface area contributed by atoms with Gasteiger partial charge in [-0.3, -0.25) is 0 Å². The highest BCUT2D eigenvalue weighted by molar-refractivity contribution is 5.63. The largest absolute Gasteiger partial charge is 0.550 e. The molecule has 2 heteroatoms. The first-order chi connectivity index (χ1) is 2.27. The molecule has 2 nitrogen and oxygen atoms in total. The Kier molecular flexibility index (Phi) is 6.52. The average molecular weight is 88.1 g/mol. The van der Waals surface area contributed by atoms with Crippen LogP contribution in [0.5, 0.6) is 0 Å². The Morgan fingerprint density at radius 2 is 2.00 bits per heavy atom. The van der Waals surface area contributed by atoms with Crippen molar-refractivity contribution in [3.63, 3.8) is 0 Å². The van der Waals surface area contributed by atoms with Crippen molar-refractivity contribution in [1.82, 2.24) is 0 Å². The number of rotatable bonds is 1. The summed E-state index contributed by atoms with van der Waals surface area (Å²) in [4.78, 5) is 9.26. The van der Waals surface area contributed by atoms with Crippen molar-refractivity contribution >= 4 is 5.97 Å². The van der Waals surface area contributed by atoms with Crippen LogP contribution in [0.15, 0.2) is 0 Å². The SMILES string of the molecule is CCC(=O)[O-].[CH3+]. The second kappa shape index (κ2) is 4.34. The summed E-state index contributed by atoms with van der Waals surface area (Å²) in [5.41, 5.74) is 0. The number of carboxylic acids is 1. The molecule has 0 unspecified atom stereocenters. The van der Waals surface area contributed by atoms with Crippen molar-refractivity contribution in [3.8, 4) is 0 Å². The zero-order valence-electron chi connectivity index (χ0n) is 4.02. The smallest absolute Gasteiger partial charge is 0.0467 e. The van der Waals surface area contributed by atoms with Gasteiger partial charge in [-0.05, 0) is 6.42 Å². The quantitative estimate of drug-likeness (QED) is 0.409. The molecule has 0 aromatic carbocycles. The minimum Gasteiger partial charge on any atom is -0.550 e. The fraction of sp³-hybridized carbons (Fsp3) is 0.500. The fourth-order valence-corrected chi connectivity index (χ4v) is 0. The zero-order chi connectivity index (χ0) is 4.28. The van der Waals surface area contributed by atoms with Crippen molar-refractivity contribution in [2.45, 2.75) is 13.3 Å². The lowest BCUT2D eigenvalue weighted by atomic mass is 10.5. The number of carbonyl (C=O) groups is 1. The van der Waals surface area contributed by atoms with E-state index in [-0.39, 0.29) is 13.8 Å². The van der Waals surface area contributed by atoms with Crippen LogP contribution in [0.4, 0.5) is 0 Å². The van der Waals surface area contributed by atoms with Crippen LogP contribution in [0.25, 0.3) is 0 Å². The van der Waals surface area contributed by atoms with Gasteiger partial charge in [0, 0.05) is 13.4 Å². The van der Waals surface area contributed by atoms with E-state index in [1.54, 1.807) is 0 Å². The Hall–Kier alpha value is -0.660. The van der Waals surface area contributed by atoms with Crippen molar-refractivity contribution in [1.29, 1.82) is 0 Å². The van der Waals surface area contributed by atoms with Crippen LogP contribution < -0.4 is 5.11 Å². The van der Waals surface area contributed by atoms with Crippen LogP contribution in [-0.4, -0.2) is 5.97 Å². The molecule has 0 saturated carbocycles. The minimum absolute atomic E-state index is 0. The summed E-state index contributed by atoms with van der Waals surface area (Å²) < 4.78 is 0. The normalized spacial score (nSPS) is 6.17. The molecule has 0 aromatic rings. The molecule has 0 saturated heterocycles. The Morgan fingerprint density at radius 1 is 1.83 bits per heavy atom. The summed E-state index contributed by atoms with van der Waals surface area (Å²) in [5.74, 6) is -0.995. The van der Waals surface area contributed by atoms with E-state index in [9.17, 15) is 9.90 Å². The van der Waals surface area contributed by atoms with Gasteiger partial charge >= 0.3 is 0 Å². The number of hydrogen-bond donors (Lipinski definition) is 0. The Balaban J connectivity index is 0. The molecule has 0 amide bonds. The summed E-state index contributed by atoms with van der Waals surface area (Å²) in [6.45, 7) is 1.54. The first-order valence-electron chi connectivity index (χ1n) is 1.47. The number of carboxylic acid groups (broad SMARTS) is 1. The first kappa shape index (κ1) is 9.02. The molecule has 0 rings (SSSR count). The highest BCUT2D eigenvalue weighted by Gasteiger charge is 1.65. The van der Waals surface area contributed by atoms with Gasteiger partial charge in [-0.2, -0.15) is 0 Å². The number of carbonyl (C=O) groups excluding carboxylic acids is 1. The van der Waals surface area contributed by atoms with Crippen molar-refractivity contribution in [2.24, 2.45) is 0 Å². The van der Waals surface area contributed by atoms with Gasteiger partial charge in [0.25, 0.3) is 0 Å². The van der Waals surface area contributed by atoms with Gasteiger partial charge < -0.3 is 9.90 Å². The molecule has 0 aliphatic heterocycles. The molecule has 0 bridgehead atoms. The third-order valence-corrected chi connectivity index (χ3v) is 0.289. The van der Waals surface area contributed by atoms with E-state index in [0.29, 0.717) is 0 Å². The van der Waals surface area contributed by atoms with Crippen molar-refractivity contribution in [2.75, 3.05) is 0 Å². The van der Waals surface area contributed by atoms with Crippen LogP contribution in [0.3, 0.4) is 0 Å². The molecule has 0 aliphatic rings.